The van der Waals surface area contributed by atoms with E-state index in [4.69, 9.17) is 9.47 Å². The highest BCUT2D eigenvalue weighted by atomic mass is 16.7. The minimum Gasteiger partial charge on any atom is -0.481 e. The predicted molar refractivity (Wildman–Crippen MR) is 180 cm³/mol. The first kappa shape index (κ1) is 34.1. The molecular formula is C40H56O9. The molecule has 0 aromatic carbocycles. The van der Waals surface area contributed by atoms with Crippen LogP contribution in [0.2, 0.25) is 0 Å². The summed E-state index contributed by atoms with van der Waals surface area (Å²) in [5.41, 5.74) is -0.487. The molecule has 8 rings (SSSR count). The van der Waals surface area contributed by atoms with E-state index in [1.54, 1.807) is 0 Å². The Morgan fingerprint density at radius 1 is 0.816 bits per heavy atom. The van der Waals surface area contributed by atoms with Crippen LogP contribution < -0.4 is 0 Å². The van der Waals surface area contributed by atoms with Gasteiger partial charge in [0.1, 0.15) is 18.3 Å². The molecule has 1 saturated heterocycles. The van der Waals surface area contributed by atoms with Crippen molar-refractivity contribution in [2.45, 2.75) is 148 Å². The average Bonchev–Trinajstić information content (AvgIpc) is 3.01. The van der Waals surface area contributed by atoms with Gasteiger partial charge in [-0.15, -0.1) is 0 Å². The molecule has 0 aromatic rings. The number of carboxylic acid groups (broad SMARTS) is 2. The molecule has 2 spiro atoms. The monoisotopic (exact) mass is 680 g/mol. The Balaban J connectivity index is 1.17. The lowest BCUT2D eigenvalue weighted by molar-refractivity contribution is -0.327. The number of ether oxygens (including phenoxy) is 2. The van der Waals surface area contributed by atoms with Crippen LogP contribution in [-0.4, -0.2) is 74.3 Å². The van der Waals surface area contributed by atoms with E-state index < -0.39 is 53.5 Å². The maximum Gasteiger partial charge on any atom is 0.335 e. The zero-order valence-electron chi connectivity index (χ0n) is 29.8. The Bertz CT molecular complexity index is 1550. The van der Waals surface area contributed by atoms with Crippen LogP contribution in [0.4, 0.5) is 0 Å². The van der Waals surface area contributed by atoms with E-state index in [9.17, 15) is 35.1 Å². The van der Waals surface area contributed by atoms with E-state index >= 15 is 0 Å². The van der Waals surface area contributed by atoms with Crippen LogP contribution in [0.5, 0.6) is 0 Å². The van der Waals surface area contributed by atoms with Gasteiger partial charge in [-0.1, -0.05) is 70.6 Å². The van der Waals surface area contributed by atoms with Crippen molar-refractivity contribution in [3.05, 3.63) is 36.0 Å². The van der Waals surface area contributed by atoms with Gasteiger partial charge in [0.15, 0.2) is 12.4 Å². The number of carboxylic acids is 2. The summed E-state index contributed by atoms with van der Waals surface area (Å²) < 4.78 is 12.0. The van der Waals surface area contributed by atoms with Crippen LogP contribution in [0, 0.1) is 49.2 Å². The molecule has 14 atom stereocenters. The fraction of sp³-hybridized carbons (Fsp3) is 0.800. The number of allylic oxidation sites excluding steroid dienone is 6. The van der Waals surface area contributed by atoms with Crippen molar-refractivity contribution in [1.29, 1.82) is 0 Å². The molecule has 14 unspecified atom stereocenters. The molecule has 4 bridgehead atoms. The van der Waals surface area contributed by atoms with E-state index in [1.807, 2.05) is 0 Å². The van der Waals surface area contributed by atoms with Crippen LogP contribution in [-0.2, 0) is 19.1 Å². The second kappa shape index (κ2) is 10.3. The van der Waals surface area contributed by atoms with Crippen LogP contribution in [0.15, 0.2) is 36.0 Å². The molecule has 0 aromatic heterocycles. The van der Waals surface area contributed by atoms with E-state index in [0.29, 0.717) is 12.8 Å². The van der Waals surface area contributed by atoms with Gasteiger partial charge in [0.25, 0.3) is 0 Å². The van der Waals surface area contributed by atoms with Gasteiger partial charge in [0, 0.05) is 16.2 Å². The molecule has 49 heavy (non-hydrogen) atoms. The van der Waals surface area contributed by atoms with Crippen molar-refractivity contribution < 1.29 is 44.6 Å². The molecule has 7 aliphatic carbocycles. The first-order valence-electron chi connectivity index (χ1n) is 18.8. The molecule has 0 radical (unpaired) electrons. The number of aliphatic hydroxyl groups excluding tert-OH is 3. The molecule has 8 aliphatic rings. The fourth-order valence-electron chi connectivity index (χ4n) is 14.6. The summed E-state index contributed by atoms with van der Waals surface area (Å²) in [7, 11) is 0. The number of hydrogen-bond donors (Lipinski definition) is 5. The molecule has 5 fully saturated rings. The number of rotatable bonds is 4. The second-order valence-electron chi connectivity index (χ2n) is 19.0. The predicted octanol–water partition coefficient (Wildman–Crippen LogP) is 5.77. The van der Waals surface area contributed by atoms with E-state index in [1.165, 1.54) is 5.57 Å². The lowest BCUT2D eigenvalue weighted by Crippen LogP contribution is -2.72. The summed E-state index contributed by atoms with van der Waals surface area (Å²) in [5.74, 6) is -1.80. The third-order valence-electron chi connectivity index (χ3n) is 17.1. The Morgan fingerprint density at radius 2 is 1.53 bits per heavy atom. The smallest absolute Gasteiger partial charge is 0.335 e. The molecule has 9 heteroatoms. The minimum atomic E-state index is -1.76. The summed E-state index contributed by atoms with van der Waals surface area (Å²) in [4.78, 5) is 25.2. The van der Waals surface area contributed by atoms with E-state index in [0.717, 1.165) is 64.2 Å². The number of hydrogen-bond acceptors (Lipinski definition) is 7. The van der Waals surface area contributed by atoms with Gasteiger partial charge in [0.05, 0.1) is 11.5 Å². The van der Waals surface area contributed by atoms with Gasteiger partial charge in [0.2, 0.25) is 0 Å². The second-order valence-corrected chi connectivity index (χ2v) is 19.0. The van der Waals surface area contributed by atoms with Crippen LogP contribution in [0.25, 0.3) is 0 Å². The van der Waals surface area contributed by atoms with Crippen molar-refractivity contribution in [1.82, 2.24) is 0 Å². The van der Waals surface area contributed by atoms with Crippen molar-refractivity contribution in [2.75, 3.05) is 0 Å². The molecule has 4 saturated carbocycles. The number of fused-ring (bicyclic) bond motifs is 2. The maximum absolute atomic E-state index is 13.4. The lowest BCUT2D eigenvalue weighted by Gasteiger charge is -2.78. The SMILES string of the molecule is CC12CC=CC3(C1)C1=CCC45C=CCC1(CCC3(C(=O)O)CC2)C4(C)CCC1C(C)(C)C(OC2OC(C(=O)O)C(O)C(O)C2O)CCC15C. The molecule has 0 amide bonds. The van der Waals surface area contributed by atoms with Gasteiger partial charge in [-0.25, -0.2) is 4.79 Å². The number of aliphatic hydroxyl groups is 3. The van der Waals surface area contributed by atoms with Crippen LogP contribution >= 0.6 is 0 Å². The largest absolute Gasteiger partial charge is 0.481 e. The molecule has 270 valence electrons. The van der Waals surface area contributed by atoms with Crippen molar-refractivity contribution >= 4 is 11.9 Å². The van der Waals surface area contributed by atoms with Gasteiger partial charge < -0.3 is 35.0 Å². The van der Waals surface area contributed by atoms with Gasteiger partial charge in [-0.3, -0.25) is 4.79 Å². The van der Waals surface area contributed by atoms with E-state index in [2.05, 4.69) is 65.0 Å². The highest BCUT2D eigenvalue weighted by molar-refractivity contribution is 5.79. The zero-order valence-corrected chi connectivity index (χ0v) is 29.8. The zero-order chi connectivity index (χ0) is 35.2. The number of aliphatic carboxylic acids is 2. The molecule has 1 aliphatic heterocycles. The van der Waals surface area contributed by atoms with Crippen molar-refractivity contribution in [3.63, 3.8) is 0 Å². The van der Waals surface area contributed by atoms with Crippen LogP contribution in [0.3, 0.4) is 0 Å². The topological polar surface area (TPSA) is 154 Å². The number of carbonyl (C=O) groups is 2. The maximum atomic E-state index is 13.4. The Hall–Kier alpha value is -2.04. The minimum absolute atomic E-state index is 0.0654. The first-order valence-corrected chi connectivity index (χ1v) is 18.8. The fourth-order valence-corrected chi connectivity index (χ4v) is 14.6. The Labute approximate surface area is 289 Å². The Morgan fingerprint density at radius 3 is 2.24 bits per heavy atom. The molecule has 5 N–H and O–H groups in total. The van der Waals surface area contributed by atoms with Gasteiger partial charge >= 0.3 is 11.9 Å². The van der Waals surface area contributed by atoms with Gasteiger partial charge in [-0.2, -0.15) is 0 Å². The highest BCUT2D eigenvalue weighted by Crippen LogP contribution is 2.84. The standard InChI is InChI=1S/C40H56O9/c1-33(2)23-8-16-36(5)37-12-7-14-40(36,35(23,4)15-10-25(33)48-31-28(43)26(41)27(42)29(49-31)30(44)45)17-9-24(37)39-13-6-11-34(3,22-39)18-19-38(39,21-20-37)32(46)47/h6-7,9,13-14,23,25-29,31,41-43H,8,10-12,15-22H2,1-5H3,(H,44,45)(H,46,47). The third kappa shape index (κ3) is 3.85. The average molecular weight is 681 g/mol. The highest BCUT2D eigenvalue weighted by Gasteiger charge is 2.78. The summed E-state index contributed by atoms with van der Waals surface area (Å²) in [6.45, 7) is 11.8. The third-order valence-corrected chi connectivity index (χ3v) is 17.1. The summed E-state index contributed by atoms with van der Waals surface area (Å²) in [6, 6.07) is 0. The molecule has 1 heterocycles. The molecular weight excluding hydrogens is 624 g/mol. The Kier molecular flexibility index (Phi) is 7.16. The summed E-state index contributed by atoms with van der Waals surface area (Å²) in [6.07, 6.45) is 14.3. The van der Waals surface area contributed by atoms with Crippen molar-refractivity contribution in [2.24, 2.45) is 49.2 Å². The normalized spacial score (nSPS) is 55.2. The van der Waals surface area contributed by atoms with Crippen LogP contribution in [0.1, 0.15) is 112 Å². The van der Waals surface area contributed by atoms with E-state index in [-0.39, 0.29) is 44.5 Å². The van der Waals surface area contributed by atoms with Gasteiger partial charge in [-0.05, 0) is 105 Å². The molecule has 9 nitrogen and oxygen atoms in total. The quantitative estimate of drug-likeness (QED) is 0.184. The summed E-state index contributed by atoms with van der Waals surface area (Å²) >= 11 is 0. The van der Waals surface area contributed by atoms with Crippen molar-refractivity contribution in [3.8, 4) is 0 Å². The first-order chi connectivity index (χ1) is 22.9. The summed E-state index contributed by atoms with van der Waals surface area (Å²) in [5, 5.41) is 52.2. The lowest BCUT2D eigenvalue weighted by atomic mass is 9.25.